The predicted octanol–water partition coefficient (Wildman–Crippen LogP) is 2.85. The number of fused-ring (bicyclic) bond motifs is 1. The second-order valence-corrected chi connectivity index (χ2v) is 10.4. The van der Waals surface area contributed by atoms with Crippen molar-refractivity contribution in [1.29, 1.82) is 0 Å². The Morgan fingerprint density at radius 3 is 2.38 bits per heavy atom. The molecule has 2 aliphatic heterocycles. The minimum Gasteiger partial charge on any atom is -0.379 e. The van der Waals surface area contributed by atoms with Gasteiger partial charge in [-0.15, -0.1) is 0 Å². The smallest absolute Gasteiger partial charge is 0.276 e. The fourth-order valence-corrected chi connectivity index (χ4v) is 5.21. The van der Waals surface area contributed by atoms with Crippen LogP contribution in [0, 0.1) is 0 Å². The molecule has 10 heteroatoms. The number of aromatic amines is 1. The molecule has 2 saturated heterocycles. The first-order valence-corrected chi connectivity index (χ1v) is 13.5. The van der Waals surface area contributed by atoms with Crippen molar-refractivity contribution in [2.75, 3.05) is 64.8 Å². The molecule has 0 saturated carbocycles. The molecule has 2 N–H and O–H groups in total. The Morgan fingerprint density at radius 2 is 1.59 bits per heavy atom. The van der Waals surface area contributed by atoms with Crippen LogP contribution in [0.25, 0.3) is 22.0 Å². The van der Waals surface area contributed by atoms with Crippen molar-refractivity contribution in [2.24, 2.45) is 0 Å². The molecule has 1 amide bonds. The molecule has 6 rings (SSSR count). The number of carbonyl (C=O) groups is 1. The molecule has 10 nitrogen and oxygen atoms in total. The monoisotopic (exact) mass is 526 g/mol. The van der Waals surface area contributed by atoms with E-state index in [4.69, 9.17) is 4.74 Å². The summed E-state index contributed by atoms with van der Waals surface area (Å²) in [5, 5.41) is 11.1. The minimum absolute atomic E-state index is 0.273. The van der Waals surface area contributed by atoms with Crippen molar-refractivity contribution in [3.05, 3.63) is 71.9 Å². The van der Waals surface area contributed by atoms with Gasteiger partial charge in [-0.1, -0.05) is 6.07 Å². The highest BCUT2D eigenvalue weighted by molar-refractivity contribution is 6.11. The Bertz CT molecular complexity index is 1440. The molecule has 202 valence electrons. The van der Waals surface area contributed by atoms with Gasteiger partial charge in [0.15, 0.2) is 5.69 Å². The van der Waals surface area contributed by atoms with E-state index in [-0.39, 0.29) is 5.91 Å². The molecule has 5 heterocycles. The Hall–Kier alpha value is -3.70. The number of aromatic nitrogens is 4. The Labute approximate surface area is 228 Å². The zero-order chi connectivity index (χ0) is 26.6. The van der Waals surface area contributed by atoms with Gasteiger partial charge in [0.1, 0.15) is 0 Å². The van der Waals surface area contributed by atoms with Gasteiger partial charge in [0.05, 0.1) is 30.6 Å². The summed E-state index contributed by atoms with van der Waals surface area (Å²) in [5.74, 6) is -0.273. The highest BCUT2D eigenvalue weighted by Crippen LogP contribution is 2.26. The van der Waals surface area contributed by atoms with E-state index in [0.29, 0.717) is 11.4 Å². The first-order valence-electron chi connectivity index (χ1n) is 13.5. The van der Waals surface area contributed by atoms with Crippen LogP contribution in [0.3, 0.4) is 0 Å². The van der Waals surface area contributed by atoms with E-state index in [2.05, 4.69) is 53.3 Å². The van der Waals surface area contributed by atoms with E-state index in [1.807, 2.05) is 42.9 Å². The second-order valence-electron chi connectivity index (χ2n) is 10.4. The molecule has 2 aliphatic rings. The third-order valence-electron chi connectivity index (χ3n) is 7.47. The van der Waals surface area contributed by atoms with Crippen LogP contribution in [0.2, 0.25) is 0 Å². The number of hydrogen-bond acceptors (Lipinski definition) is 8. The quantitative estimate of drug-likeness (QED) is 0.379. The molecule has 0 bridgehead atoms. The topological polar surface area (TPSA) is 103 Å². The largest absolute Gasteiger partial charge is 0.379 e. The fourth-order valence-electron chi connectivity index (χ4n) is 5.21. The lowest BCUT2D eigenvalue weighted by molar-refractivity contribution is 0.0341. The van der Waals surface area contributed by atoms with Crippen LogP contribution in [0.1, 0.15) is 21.6 Å². The van der Waals surface area contributed by atoms with E-state index >= 15 is 0 Å². The number of nitrogens with one attached hydrogen (secondary N) is 2. The highest BCUT2D eigenvalue weighted by Gasteiger charge is 2.18. The number of carbonyl (C=O) groups excluding carboxylic acids is 1. The Balaban J connectivity index is 1.18. The number of nitrogens with zero attached hydrogens (tertiary/aromatic N) is 6. The fraction of sp³-hybridized carbons (Fsp3) is 0.379. The summed E-state index contributed by atoms with van der Waals surface area (Å²) in [4.78, 5) is 29.3. The predicted molar refractivity (Wildman–Crippen MR) is 150 cm³/mol. The molecule has 2 fully saturated rings. The van der Waals surface area contributed by atoms with Gasteiger partial charge in [0.2, 0.25) is 0 Å². The summed E-state index contributed by atoms with van der Waals surface area (Å²) in [6.07, 6.45) is 7.32. The number of piperazine rings is 1. The number of hydrogen-bond donors (Lipinski definition) is 2. The number of H-pyrrole nitrogens is 1. The van der Waals surface area contributed by atoms with Crippen molar-refractivity contribution in [3.8, 4) is 11.1 Å². The van der Waals surface area contributed by atoms with E-state index in [1.54, 1.807) is 6.20 Å². The molecule has 0 unspecified atom stereocenters. The molecular weight excluding hydrogens is 492 g/mol. The number of anilines is 1. The average Bonchev–Trinajstić information content (AvgIpc) is 3.39. The Kier molecular flexibility index (Phi) is 7.60. The van der Waals surface area contributed by atoms with Crippen molar-refractivity contribution in [2.45, 2.75) is 13.1 Å². The summed E-state index contributed by atoms with van der Waals surface area (Å²) in [6.45, 7) is 9.23. The number of morpholine rings is 1. The van der Waals surface area contributed by atoms with Gasteiger partial charge in [-0.25, -0.2) is 0 Å². The van der Waals surface area contributed by atoms with Crippen LogP contribution in [-0.4, -0.2) is 100 Å². The third kappa shape index (κ3) is 6.15. The van der Waals surface area contributed by atoms with Crippen LogP contribution < -0.4 is 5.32 Å². The highest BCUT2D eigenvalue weighted by atomic mass is 16.5. The van der Waals surface area contributed by atoms with Gasteiger partial charge < -0.3 is 15.0 Å². The normalized spacial score (nSPS) is 17.5. The number of rotatable bonds is 7. The van der Waals surface area contributed by atoms with E-state index in [9.17, 15) is 4.79 Å². The number of pyridine rings is 2. The molecule has 0 spiro atoms. The van der Waals surface area contributed by atoms with Crippen molar-refractivity contribution in [3.63, 3.8) is 0 Å². The number of ether oxygens (including phenoxy) is 1. The van der Waals surface area contributed by atoms with Crippen LogP contribution in [0.15, 0.2) is 55.1 Å². The zero-order valence-corrected chi connectivity index (χ0v) is 22.3. The summed E-state index contributed by atoms with van der Waals surface area (Å²) < 4.78 is 5.44. The summed E-state index contributed by atoms with van der Waals surface area (Å²) in [7, 11) is 2.17. The lowest BCUT2D eigenvalue weighted by Gasteiger charge is -2.32. The molecule has 4 aromatic rings. The molecular formula is C29H34N8O2. The average molecular weight is 527 g/mol. The molecule has 0 atom stereocenters. The van der Waals surface area contributed by atoms with Gasteiger partial charge in [0, 0.05) is 81.9 Å². The number of amides is 1. The van der Waals surface area contributed by atoms with E-state index in [0.717, 1.165) is 93.2 Å². The molecule has 1 aromatic carbocycles. The maximum atomic E-state index is 13.3. The van der Waals surface area contributed by atoms with Crippen molar-refractivity contribution in [1.82, 2.24) is 34.9 Å². The van der Waals surface area contributed by atoms with Gasteiger partial charge in [-0.2, -0.15) is 5.10 Å². The third-order valence-corrected chi connectivity index (χ3v) is 7.47. The summed E-state index contributed by atoms with van der Waals surface area (Å²) in [6, 6.07) is 10.2. The van der Waals surface area contributed by atoms with Crippen molar-refractivity contribution < 1.29 is 9.53 Å². The first kappa shape index (κ1) is 25.6. The van der Waals surface area contributed by atoms with Crippen LogP contribution in [-0.2, 0) is 17.8 Å². The number of benzene rings is 1. The van der Waals surface area contributed by atoms with Crippen LogP contribution in [0.4, 0.5) is 5.69 Å². The standard InChI is InChI=1S/C29H34N8O2/c1-35-4-6-36(7-5-35)19-21-12-24(17-30-15-21)23-2-3-27-26(14-23)28(34-33-27)29(38)32-25-13-22(16-31-18-25)20-37-8-10-39-11-9-37/h2-3,12-18H,4-11,19-20H2,1H3,(H,32,38)(H,33,34). The van der Waals surface area contributed by atoms with Gasteiger partial charge >= 0.3 is 0 Å². The van der Waals surface area contributed by atoms with Gasteiger partial charge in [-0.3, -0.25) is 29.7 Å². The number of likely N-dealkylation sites (N-methyl/N-ethyl adjacent to an activating group) is 1. The summed E-state index contributed by atoms with van der Waals surface area (Å²) >= 11 is 0. The lowest BCUT2D eigenvalue weighted by atomic mass is 10.0. The summed E-state index contributed by atoms with van der Waals surface area (Å²) in [5.41, 5.74) is 6.08. The SMILES string of the molecule is CN1CCN(Cc2cncc(-c3ccc4[nH]nc(C(=O)Nc5cncc(CN6CCOCC6)c5)c4c3)c2)CC1. The molecule has 39 heavy (non-hydrogen) atoms. The van der Waals surface area contributed by atoms with E-state index in [1.165, 1.54) is 5.56 Å². The van der Waals surface area contributed by atoms with Crippen LogP contribution >= 0.6 is 0 Å². The zero-order valence-electron chi connectivity index (χ0n) is 22.3. The second kappa shape index (κ2) is 11.6. The molecule has 3 aromatic heterocycles. The lowest BCUT2D eigenvalue weighted by Crippen LogP contribution is -2.43. The maximum Gasteiger partial charge on any atom is 0.276 e. The molecule has 0 aliphatic carbocycles. The van der Waals surface area contributed by atoms with Crippen molar-refractivity contribution >= 4 is 22.5 Å². The van der Waals surface area contributed by atoms with Gasteiger partial charge in [0.25, 0.3) is 5.91 Å². The van der Waals surface area contributed by atoms with E-state index < -0.39 is 0 Å². The van der Waals surface area contributed by atoms with Crippen LogP contribution in [0.5, 0.6) is 0 Å². The first-order chi connectivity index (χ1) is 19.1. The minimum atomic E-state index is -0.273. The Morgan fingerprint density at radius 1 is 0.872 bits per heavy atom. The van der Waals surface area contributed by atoms with Gasteiger partial charge in [-0.05, 0) is 48.0 Å². The maximum absolute atomic E-state index is 13.3. The molecule has 0 radical (unpaired) electrons.